The van der Waals surface area contributed by atoms with E-state index in [0.717, 1.165) is 23.1 Å². The van der Waals surface area contributed by atoms with Crippen molar-refractivity contribution in [2.75, 3.05) is 27.4 Å². The monoisotopic (exact) mass is 730 g/mol. The molecular formula is C37H36Cl2N6O6. The second-order valence-electron chi connectivity index (χ2n) is 12.1. The molecule has 1 aliphatic heterocycles. The van der Waals surface area contributed by atoms with Crippen LogP contribution in [0.4, 0.5) is 0 Å². The highest BCUT2D eigenvalue weighted by Crippen LogP contribution is 2.42. The van der Waals surface area contributed by atoms with E-state index in [1.807, 2.05) is 48.5 Å². The van der Waals surface area contributed by atoms with Crippen LogP contribution in [-0.2, 0) is 27.4 Å². The zero-order chi connectivity index (χ0) is 36.1. The summed E-state index contributed by atoms with van der Waals surface area (Å²) in [5, 5.41) is 19.5. The van der Waals surface area contributed by atoms with E-state index in [9.17, 15) is 19.5 Å². The first-order valence-corrected chi connectivity index (χ1v) is 17.0. The van der Waals surface area contributed by atoms with Crippen molar-refractivity contribution >= 4 is 40.7 Å². The summed E-state index contributed by atoms with van der Waals surface area (Å²) < 4.78 is 12.0. The molecule has 4 N–H and O–H groups in total. The third-order valence-electron chi connectivity index (χ3n) is 8.75. The van der Waals surface area contributed by atoms with Gasteiger partial charge in [-0.05, 0) is 30.2 Å². The number of aromatic nitrogens is 3. The summed E-state index contributed by atoms with van der Waals surface area (Å²) in [7, 11) is 2.98. The molecule has 2 atom stereocenters. The Bertz CT molecular complexity index is 2160. The molecule has 5 aromatic rings. The number of hydrogen-bond acceptors (Lipinski definition) is 9. The summed E-state index contributed by atoms with van der Waals surface area (Å²) in [4.78, 5) is 45.4. The number of fused-ring (bicyclic) bond motifs is 1. The van der Waals surface area contributed by atoms with Gasteiger partial charge in [-0.1, -0.05) is 65.7 Å². The molecule has 264 valence electrons. The van der Waals surface area contributed by atoms with Crippen molar-refractivity contribution in [2.24, 2.45) is 0 Å². The van der Waals surface area contributed by atoms with E-state index in [1.54, 1.807) is 25.4 Å². The molecule has 0 aliphatic carbocycles. The maximum absolute atomic E-state index is 13.2. The highest BCUT2D eigenvalue weighted by molar-refractivity contribution is 6.39. The molecule has 51 heavy (non-hydrogen) atoms. The van der Waals surface area contributed by atoms with Gasteiger partial charge in [0.05, 0.1) is 35.0 Å². The number of ether oxygens (including phenoxy) is 2. The van der Waals surface area contributed by atoms with Gasteiger partial charge in [-0.2, -0.15) is 0 Å². The van der Waals surface area contributed by atoms with Gasteiger partial charge in [0, 0.05) is 79.4 Å². The lowest BCUT2D eigenvalue weighted by molar-refractivity contribution is -0.140. The molecule has 1 amide bonds. The first-order chi connectivity index (χ1) is 24.7. The summed E-state index contributed by atoms with van der Waals surface area (Å²) >= 11 is 14.1. The van der Waals surface area contributed by atoms with Gasteiger partial charge < -0.3 is 25.2 Å². The Balaban J connectivity index is 1.24. The number of nitrogens with zero attached hydrogens (tertiary/aromatic N) is 3. The Labute approximate surface area is 303 Å². The fraction of sp³-hybridized carbons (Fsp3) is 0.270. The Hall–Kier alpha value is -4.85. The first-order valence-electron chi connectivity index (χ1n) is 16.3. The summed E-state index contributed by atoms with van der Waals surface area (Å²) in [6, 6.07) is 17.9. The molecule has 2 aromatic carbocycles. The van der Waals surface area contributed by atoms with Gasteiger partial charge in [0.1, 0.15) is 11.7 Å². The number of hydrogen-bond donors (Lipinski definition) is 4. The van der Waals surface area contributed by atoms with Crippen LogP contribution in [0.15, 0.2) is 77.9 Å². The zero-order valence-electron chi connectivity index (χ0n) is 27.9. The van der Waals surface area contributed by atoms with Gasteiger partial charge >= 0.3 is 5.97 Å². The van der Waals surface area contributed by atoms with Crippen LogP contribution in [0.25, 0.3) is 39.2 Å². The largest absolute Gasteiger partial charge is 0.481 e. The second kappa shape index (κ2) is 16.0. The normalized spacial score (nSPS) is 14.8. The first kappa shape index (κ1) is 36.0. The van der Waals surface area contributed by atoms with Gasteiger partial charge in [0.25, 0.3) is 5.56 Å². The Morgan fingerprint density at radius 3 is 2.41 bits per heavy atom. The number of carbonyl (C=O) groups excluding carboxylic acids is 1. The summed E-state index contributed by atoms with van der Waals surface area (Å²) in [6.45, 7) is 1.15. The van der Waals surface area contributed by atoms with Gasteiger partial charge in [-0.25, -0.2) is 9.97 Å². The predicted octanol–water partition coefficient (Wildman–Crippen LogP) is 4.96. The molecule has 0 unspecified atom stereocenters. The van der Waals surface area contributed by atoms with Crippen LogP contribution < -0.4 is 26.2 Å². The second-order valence-corrected chi connectivity index (χ2v) is 12.8. The van der Waals surface area contributed by atoms with E-state index in [2.05, 4.69) is 20.9 Å². The lowest BCUT2D eigenvalue weighted by atomic mass is 9.97. The molecule has 12 nitrogen and oxygen atoms in total. The average Bonchev–Trinajstić information content (AvgIpc) is 3.55. The van der Waals surface area contributed by atoms with Gasteiger partial charge in [0.15, 0.2) is 0 Å². The minimum atomic E-state index is -1.08. The SMILES string of the molecule is COC[C@@H](NCc1cnc2cc(-c3cccc(-c4cccc(-c5ccc(CNC[C@@H]6CCC(=O)N6)c(OC)n5)c4Cl)c3Cl)ccn2c1=O)C(=O)O. The molecule has 1 saturated heterocycles. The van der Waals surface area contributed by atoms with E-state index in [1.165, 1.54) is 17.7 Å². The van der Waals surface area contributed by atoms with Gasteiger partial charge in [0.2, 0.25) is 11.8 Å². The molecule has 3 aromatic heterocycles. The molecule has 0 saturated carbocycles. The van der Waals surface area contributed by atoms with Crippen molar-refractivity contribution < 1.29 is 24.2 Å². The zero-order valence-corrected chi connectivity index (χ0v) is 29.4. The van der Waals surface area contributed by atoms with Crippen LogP contribution in [0.2, 0.25) is 10.0 Å². The number of pyridine rings is 2. The third kappa shape index (κ3) is 7.90. The summed E-state index contributed by atoms with van der Waals surface area (Å²) in [5.74, 6) is -0.523. The van der Waals surface area contributed by atoms with E-state index < -0.39 is 12.0 Å². The molecule has 0 radical (unpaired) electrons. The van der Waals surface area contributed by atoms with Gasteiger partial charge in [-0.15, -0.1) is 0 Å². The Kier molecular flexibility index (Phi) is 11.3. The number of aliphatic carboxylic acids is 1. The predicted molar refractivity (Wildman–Crippen MR) is 195 cm³/mol. The average molecular weight is 732 g/mol. The van der Waals surface area contributed by atoms with Crippen molar-refractivity contribution in [1.29, 1.82) is 0 Å². The molecule has 0 spiro atoms. The van der Waals surface area contributed by atoms with E-state index in [0.29, 0.717) is 69.0 Å². The maximum Gasteiger partial charge on any atom is 0.323 e. The van der Waals surface area contributed by atoms with E-state index >= 15 is 0 Å². The van der Waals surface area contributed by atoms with Crippen LogP contribution in [0.3, 0.4) is 0 Å². The smallest absolute Gasteiger partial charge is 0.323 e. The van der Waals surface area contributed by atoms with Crippen molar-refractivity contribution in [3.05, 3.63) is 105 Å². The highest BCUT2D eigenvalue weighted by Gasteiger charge is 2.21. The number of carboxylic acid groups (broad SMARTS) is 1. The summed E-state index contributed by atoms with van der Waals surface area (Å²) in [5.41, 5.74) is 5.49. The number of benzene rings is 2. The van der Waals surface area contributed by atoms with Crippen LogP contribution in [0.1, 0.15) is 24.0 Å². The molecular weight excluding hydrogens is 695 g/mol. The van der Waals surface area contributed by atoms with E-state index in [4.69, 9.17) is 37.7 Å². The lowest BCUT2D eigenvalue weighted by Gasteiger charge is -2.16. The highest BCUT2D eigenvalue weighted by atomic mass is 35.5. The molecule has 4 heterocycles. The van der Waals surface area contributed by atoms with Crippen molar-refractivity contribution in [1.82, 2.24) is 30.3 Å². The lowest BCUT2D eigenvalue weighted by Crippen LogP contribution is -2.41. The molecule has 1 fully saturated rings. The fourth-order valence-electron chi connectivity index (χ4n) is 6.06. The molecule has 0 bridgehead atoms. The molecule has 1 aliphatic rings. The minimum Gasteiger partial charge on any atom is -0.481 e. The van der Waals surface area contributed by atoms with Crippen LogP contribution in [0.5, 0.6) is 5.88 Å². The van der Waals surface area contributed by atoms with Crippen molar-refractivity contribution in [3.63, 3.8) is 0 Å². The number of nitrogens with one attached hydrogen (secondary N) is 3. The fourth-order valence-corrected chi connectivity index (χ4v) is 6.72. The number of carboxylic acids is 1. The van der Waals surface area contributed by atoms with Crippen LogP contribution >= 0.6 is 23.2 Å². The summed E-state index contributed by atoms with van der Waals surface area (Å²) in [6.07, 6.45) is 4.43. The standard InChI is InChI=1S/C37H36Cl2N6O6/c1-50-20-30(37(48)49)41-17-23-18-42-31-15-21(13-14-45(31)36(23)47)25-5-3-6-26(33(25)38)27-7-4-8-28(34(27)39)29-11-9-22(35(44-29)51-2)16-40-19-24-10-12-32(46)43-24/h3-9,11,13-15,18,24,30,40-41H,10,12,16-17,19-20H2,1-2H3,(H,43,46)(H,48,49)/t24-,30+/m0/s1. The van der Waals surface area contributed by atoms with Crippen molar-refractivity contribution in [3.8, 4) is 39.4 Å². The minimum absolute atomic E-state index is 0.0105. The maximum atomic E-state index is 13.2. The molecule has 6 rings (SSSR count). The number of carbonyl (C=O) groups is 2. The number of methoxy groups -OCH3 is 2. The number of amides is 1. The van der Waals surface area contributed by atoms with Gasteiger partial charge in [-0.3, -0.25) is 24.1 Å². The Morgan fingerprint density at radius 1 is 1.00 bits per heavy atom. The van der Waals surface area contributed by atoms with Crippen LogP contribution in [-0.4, -0.2) is 70.8 Å². The van der Waals surface area contributed by atoms with E-state index in [-0.39, 0.29) is 30.7 Å². The van der Waals surface area contributed by atoms with Crippen molar-refractivity contribution in [2.45, 2.75) is 38.0 Å². The van der Waals surface area contributed by atoms with Crippen LogP contribution in [0, 0.1) is 0 Å². The Morgan fingerprint density at radius 2 is 1.73 bits per heavy atom. The third-order valence-corrected chi connectivity index (χ3v) is 9.56. The number of halogens is 2. The molecule has 14 heteroatoms. The quantitative estimate of drug-likeness (QED) is 0.123. The topological polar surface area (TPSA) is 156 Å². The number of rotatable bonds is 14.